The molecule has 33 heavy (non-hydrogen) atoms. The van der Waals surface area contributed by atoms with E-state index in [1.807, 2.05) is 32.0 Å². The molecule has 0 atom stereocenters. The molecular weight excluding hydrogens is 456 g/mol. The number of hydrogen-bond donors (Lipinski definition) is 1. The quantitative estimate of drug-likeness (QED) is 0.543. The van der Waals surface area contributed by atoms with Crippen molar-refractivity contribution in [2.45, 2.75) is 60.1 Å². The van der Waals surface area contributed by atoms with Gasteiger partial charge in [-0.1, -0.05) is 44.2 Å². The Morgan fingerprint density at radius 1 is 0.970 bits per heavy atom. The lowest BCUT2D eigenvalue weighted by molar-refractivity contribution is 0.448. The van der Waals surface area contributed by atoms with Gasteiger partial charge in [-0.05, 0) is 66.6 Å². The van der Waals surface area contributed by atoms with Gasteiger partial charge < -0.3 is 0 Å². The van der Waals surface area contributed by atoms with Gasteiger partial charge in [-0.25, -0.2) is 21.6 Å². The van der Waals surface area contributed by atoms with Crippen molar-refractivity contribution in [3.63, 3.8) is 0 Å². The maximum Gasteiger partial charge on any atom is 0.240 e. The minimum absolute atomic E-state index is 0.00324. The first-order valence-corrected chi connectivity index (χ1v) is 14.0. The highest BCUT2D eigenvalue weighted by Crippen LogP contribution is 2.50. The fourth-order valence-corrected chi connectivity index (χ4v) is 8.10. The monoisotopic (exact) mass is 484 g/mol. The first-order valence-electron chi connectivity index (χ1n) is 11.1. The summed E-state index contributed by atoms with van der Waals surface area (Å²) in [6, 6.07) is 13.9. The molecule has 1 N–H and O–H groups in total. The number of aryl methyl sites for hydroxylation is 1. The van der Waals surface area contributed by atoms with Crippen molar-refractivity contribution < 1.29 is 16.8 Å². The lowest BCUT2D eigenvalue weighted by Gasteiger charge is -2.40. The van der Waals surface area contributed by atoms with Crippen LogP contribution in [0.2, 0.25) is 0 Å². The third-order valence-electron chi connectivity index (χ3n) is 6.70. The van der Waals surface area contributed by atoms with Crippen molar-refractivity contribution in [1.82, 2.24) is 9.71 Å². The zero-order chi connectivity index (χ0) is 23.9. The fraction of sp³-hybridized carbons (Fsp3) is 0.320. The maximum atomic E-state index is 13.6. The van der Waals surface area contributed by atoms with Crippen LogP contribution in [0.4, 0.5) is 0 Å². The lowest BCUT2D eigenvalue weighted by atomic mass is 9.70. The van der Waals surface area contributed by atoms with Gasteiger partial charge in [-0.2, -0.15) is 0 Å². The number of nitrogens with one attached hydrogen (secondary N) is 1. The van der Waals surface area contributed by atoms with E-state index in [1.54, 1.807) is 43.6 Å². The second-order valence-corrected chi connectivity index (χ2v) is 12.0. The van der Waals surface area contributed by atoms with E-state index >= 15 is 0 Å². The highest BCUT2D eigenvalue weighted by Gasteiger charge is 2.44. The molecule has 8 heteroatoms. The molecule has 3 aromatic rings. The largest absolute Gasteiger partial charge is 0.264 e. The molecule has 0 radical (unpaired) electrons. The number of sulfone groups is 1. The van der Waals surface area contributed by atoms with Crippen molar-refractivity contribution in [3.05, 3.63) is 83.2 Å². The number of pyridine rings is 1. The molecule has 0 fully saturated rings. The summed E-state index contributed by atoms with van der Waals surface area (Å²) < 4.78 is 56.1. The zero-order valence-electron chi connectivity index (χ0n) is 19.0. The molecule has 1 aromatic heterocycles. The standard InChI is InChI=1S/C25H28N2O4S2/c1-4-25(5-2)20-10-6-7-11-22(20)32(28,29)24-16-23(18(3)15-21(24)25)33(30,31)27-14-12-19-9-8-13-26-17-19/h6-11,13,15-17,27H,4-5,12,14H2,1-3H3. The second-order valence-electron chi connectivity index (χ2n) is 8.41. The van der Waals surface area contributed by atoms with E-state index in [1.165, 1.54) is 6.07 Å². The van der Waals surface area contributed by atoms with E-state index in [0.717, 1.165) is 11.1 Å². The smallest absolute Gasteiger partial charge is 0.240 e. The number of aromatic nitrogens is 1. The van der Waals surface area contributed by atoms with Crippen LogP contribution < -0.4 is 4.72 Å². The summed E-state index contributed by atoms with van der Waals surface area (Å²) in [5.74, 6) is 0. The Hall–Kier alpha value is -2.55. The Kier molecular flexibility index (Phi) is 6.20. The van der Waals surface area contributed by atoms with Gasteiger partial charge in [-0.15, -0.1) is 0 Å². The molecular formula is C25H28N2O4S2. The molecule has 2 heterocycles. The Morgan fingerprint density at radius 2 is 1.70 bits per heavy atom. The van der Waals surface area contributed by atoms with Crippen LogP contribution in [0.3, 0.4) is 0 Å². The topological polar surface area (TPSA) is 93.2 Å². The molecule has 0 spiro atoms. The van der Waals surface area contributed by atoms with Crippen molar-refractivity contribution in [2.24, 2.45) is 0 Å². The molecule has 0 saturated carbocycles. The van der Waals surface area contributed by atoms with Crippen LogP contribution in [0, 0.1) is 6.92 Å². The van der Waals surface area contributed by atoms with Gasteiger partial charge in [0.15, 0.2) is 0 Å². The molecule has 1 aliphatic heterocycles. The molecule has 0 bridgehead atoms. The van der Waals surface area contributed by atoms with Gasteiger partial charge >= 0.3 is 0 Å². The van der Waals surface area contributed by atoms with Crippen LogP contribution in [0.1, 0.15) is 48.9 Å². The van der Waals surface area contributed by atoms with Crippen LogP contribution in [-0.4, -0.2) is 28.4 Å². The van der Waals surface area contributed by atoms with E-state index < -0.39 is 25.3 Å². The Bertz CT molecular complexity index is 1400. The normalized spacial score (nSPS) is 16.1. The van der Waals surface area contributed by atoms with Gasteiger partial charge in [0.1, 0.15) is 0 Å². The Morgan fingerprint density at radius 3 is 2.36 bits per heavy atom. The molecule has 1 aliphatic rings. The molecule has 6 nitrogen and oxygen atoms in total. The zero-order valence-corrected chi connectivity index (χ0v) is 20.6. The molecule has 0 saturated heterocycles. The second kappa shape index (κ2) is 8.66. The van der Waals surface area contributed by atoms with Crippen molar-refractivity contribution in [1.29, 1.82) is 0 Å². The Labute approximate surface area is 196 Å². The van der Waals surface area contributed by atoms with Crippen molar-refractivity contribution in [3.8, 4) is 0 Å². The van der Waals surface area contributed by atoms with Crippen molar-refractivity contribution in [2.75, 3.05) is 6.54 Å². The number of rotatable bonds is 7. The van der Waals surface area contributed by atoms with Gasteiger partial charge in [0.2, 0.25) is 19.9 Å². The molecule has 0 amide bonds. The summed E-state index contributed by atoms with van der Waals surface area (Å²) in [6.07, 6.45) is 5.25. The summed E-state index contributed by atoms with van der Waals surface area (Å²) in [5, 5.41) is 0. The first-order chi connectivity index (χ1) is 15.7. The first kappa shape index (κ1) is 23.6. The van der Waals surface area contributed by atoms with Crippen LogP contribution in [0.15, 0.2) is 75.6 Å². The third kappa shape index (κ3) is 3.90. The molecule has 0 unspecified atom stereocenters. The average Bonchev–Trinajstić information content (AvgIpc) is 2.80. The predicted octanol–water partition coefficient (Wildman–Crippen LogP) is 4.16. The van der Waals surface area contributed by atoms with Crippen LogP contribution in [-0.2, 0) is 31.7 Å². The van der Waals surface area contributed by atoms with E-state index in [9.17, 15) is 16.8 Å². The van der Waals surface area contributed by atoms with Crippen molar-refractivity contribution >= 4 is 19.9 Å². The maximum absolute atomic E-state index is 13.6. The SMILES string of the molecule is CCC1(CC)c2ccccc2S(=O)(=O)c2cc(S(=O)(=O)NCCc3cccnc3)c(C)cc21. The third-order valence-corrected chi connectivity index (χ3v) is 10.2. The number of sulfonamides is 1. The summed E-state index contributed by atoms with van der Waals surface area (Å²) >= 11 is 0. The van der Waals surface area contributed by atoms with Crippen LogP contribution in [0.5, 0.6) is 0 Å². The van der Waals surface area contributed by atoms with E-state index in [2.05, 4.69) is 9.71 Å². The van der Waals surface area contributed by atoms with Gasteiger partial charge in [0.25, 0.3) is 0 Å². The number of benzene rings is 2. The Balaban J connectivity index is 1.80. The van der Waals surface area contributed by atoms with Gasteiger partial charge in [0.05, 0.1) is 14.7 Å². The van der Waals surface area contributed by atoms with Crippen LogP contribution >= 0.6 is 0 Å². The summed E-state index contributed by atoms with van der Waals surface area (Å²) in [4.78, 5) is 4.39. The number of hydrogen-bond acceptors (Lipinski definition) is 5. The molecule has 4 rings (SSSR count). The number of nitrogens with zero attached hydrogens (tertiary/aromatic N) is 1. The fourth-order valence-electron chi connectivity index (χ4n) is 4.88. The highest BCUT2D eigenvalue weighted by molar-refractivity contribution is 7.92. The van der Waals surface area contributed by atoms with Gasteiger partial charge in [0, 0.05) is 24.4 Å². The molecule has 2 aromatic carbocycles. The minimum Gasteiger partial charge on any atom is -0.264 e. The van der Waals surface area contributed by atoms with Crippen LogP contribution in [0.25, 0.3) is 0 Å². The minimum atomic E-state index is -3.91. The van der Waals surface area contributed by atoms with E-state index in [-0.39, 0.29) is 21.2 Å². The van der Waals surface area contributed by atoms with Gasteiger partial charge in [-0.3, -0.25) is 4.98 Å². The highest BCUT2D eigenvalue weighted by atomic mass is 32.2. The summed E-state index contributed by atoms with van der Waals surface area (Å²) in [5.41, 5.74) is 2.42. The summed E-state index contributed by atoms with van der Waals surface area (Å²) in [7, 11) is -7.76. The molecule has 174 valence electrons. The molecule has 0 aliphatic carbocycles. The van der Waals surface area contributed by atoms with E-state index in [4.69, 9.17) is 0 Å². The lowest BCUT2D eigenvalue weighted by Crippen LogP contribution is -2.35. The number of fused-ring (bicyclic) bond motifs is 2. The average molecular weight is 485 g/mol. The van der Waals surface area contributed by atoms with E-state index in [0.29, 0.717) is 30.4 Å². The predicted molar refractivity (Wildman–Crippen MR) is 128 cm³/mol. The summed E-state index contributed by atoms with van der Waals surface area (Å²) in [6.45, 7) is 6.00.